The number of thioether (sulfide) groups is 1. The molecule has 0 N–H and O–H groups in total. The van der Waals surface area contributed by atoms with Crippen LogP contribution in [0, 0.1) is 0 Å². The molecular weight excluding hydrogens is 368 g/mol. The molecule has 2 heterocycles. The van der Waals surface area contributed by atoms with Crippen molar-refractivity contribution in [3.05, 3.63) is 45.7 Å². The Morgan fingerprint density at radius 1 is 1.14 bits per heavy atom. The Morgan fingerprint density at radius 3 is 2.57 bits per heavy atom. The van der Waals surface area contributed by atoms with Gasteiger partial charge >= 0.3 is 0 Å². The van der Waals surface area contributed by atoms with E-state index in [4.69, 9.17) is 10.1 Å². The molecule has 0 bridgehead atoms. The molecular formula is C22H28N4OS. The Labute approximate surface area is 170 Å². The Hall–Kier alpha value is -2.08. The van der Waals surface area contributed by atoms with Crippen LogP contribution in [0.1, 0.15) is 58.1 Å². The normalized spacial score (nSPS) is 14.9. The number of rotatable bonds is 6. The fraction of sp³-hybridized carbons (Fsp3) is 0.500. The third kappa shape index (κ3) is 2.72. The summed E-state index contributed by atoms with van der Waals surface area (Å²) in [5.41, 5.74) is 4.03. The van der Waals surface area contributed by atoms with E-state index in [9.17, 15) is 4.79 Å². The average molecular weight is 397 g/mol. The predicted molar refractivity (Wildman–Crippen MR) is 115 cm³/mol. The first-order chi connectivity index (χ1) is 13.6. The average Bonchev–Trinajstić information content (AvgIpc) is 3.05. The highest BCUT2D eigenvalue weighted by atomic mass is 32.2. The largest absolute Gasteiger partial charge is 0.268 e. The van der Waals surface area contributed by atoms with Crippen LogP contribution in [-0.2, 0) is 18.4 Å². The van der Waals surface area contributed by atoms with E-state index in [1.165, 1.54) is 5.56 Å². The van der Waals surface area contributed by atoms with Gasteiger partial charge in [0.05, 0.1) is 11.3 Å². The molecule has 0 saturated heterocycles. The van der Waals surface area contributed by atoms with Gasteiger partial charge in [0.25, 0.3) is 5.56 Å². The number of hydrogen-bond acceptors (Lipinski definition) is 4. The fourth-order valence-electron chi connectivity index (χ4n) is 4.52. The van der Waals surface area contributed by atoms with Crippen molar-refractivity contribution < 1.29 is 0 Å². The van der Waals surface area contributed by atoms with E-state index in [2.05, 4.69) is 45.9 Å². The van der Waals surface area contributed by atoms with Crippen LogP contribution >= 0.6 is 11.8 Å². The number of aryl methyl sites for hydroxylation is 1. The molecule has 0 amide bonds. The minimum Gasteiger partial charge on any atom is -0.268 e. The van der Waals surface area contributed by atoms with Crippen molar-refractivity contribution in [2.45, 2.75) is 70.5 Å². The number of aromatic nitrogens is 4. The quantitative estimate of drug-likeness (QED) is 0.567. The summed E-state index contributed by atoms with van der Waals surface area (Å²) < 4.78 is 3.66. The molecule has 1 aliphatic rings. The van der Waals surface area contributed by atoms with Crippen molar-refractivity contribution in [2.24, 2.45) is 0 Å². The minimum absolute atomic E-state index is 0.0662. The molecule has 3 aromatic rings. The van der Waals surface area contributed by atoms with Gasteiger partial charge in [-0.25, -0.2) is 14.1 Å². The van der Waals surface area contributed by atoms with Gasteiger partial charge in [0.2, 0.25) is 5.78 Å². The molecule has 0 unspecified atom stereocenters. The van der Waals surface area contributed by atoms with Crippen LogP contribution < -0.4 is 5.56 Å². The van der Waals surface area contributed by atoms with Crippen LogP contribution in [0.15, 0.2) is 34.2 Å². The summed E-state index contributed by atoms with van der Waals surface area (Å²) in [5, 5.41) is 5.49. The van der Waals surface area contributed by atoms with E-state index >= 15 is 0 Å². The van der Waals surface area contributed by atoms with Gasteiger partial charge in [-0.1, -0.05) is 63.7 Å². The summed E-state index contributed by atoms with van der Waals surface area (Å²) in [6, 6.07) is 8.42. The molecule has 0 atom stereocenters. The summed E-state index contributed by atoms with van der Waals surface area (Å²) in [6.45, 7) is 9.35. The number of nitrogens with zero attached hydrogens (tertiary/aromatic N) is 4. The summed E-state index contributed by atoms with van der Waals surface area (Å²) in [6.07, 6.45) is 3.69. The predicted octanol–water partition coefficient (Wildman–Crippen LogP) is 4.69. The van der Waals surface area contributed by atoms with E-state index < -0.39 is 0 Å². The second kappa shape index (κ2) is 7.39. The van der Waals surface area contributed by atoms with Gasteiger partial charge in [-0.05, 0) is 37.0 Å². The van der Waals surface area contributed by atoms with E-state index in [0.717, 1.165) is 60.0 Å². The van der Waals surface area contributed by atoms with Gasteiger partial charge in [-0.2, -0.15) is 0 Å². The summed E-state index contributed by atoms with van der Waals surface area (Å²) >= 11 is 1.61. The first kappa shape index (κ1) is 19.2. The lowest BCUT2D eigenvalue weighted by molar-refractivity contribution is 0.382. The zero-order valence-electron chi connectivity index (χ0n) is 17.2. The molecule has 5 nitrogen and oxygen atoms in total. The SMILES string of the molecule is CCCn1nc(SCC)n2c(=O)c3c(nc12)-c1ccccc1CC3(CC)CC. The second-order valence-electron chi connectivity index (χ2n) is 7.54. The van der Waals surface area contributed by atoms with Crippen LogP contribution in [0.2, 0.25) is 0 Å². The van der Waals surface area contributed by atoms with Gasteiger partial charge in [0, 0.05) is 17.5 Å². The first-order valence-corrected chi connectivity index (χ1v) is 11.3. The van der Waals surface area contributed by atoms with Crippen molar-refractivity contribution >= 4 is 17.5 Å². The number of fused-ring (bicyclic) bond motifs is 4. The van der Waals surface area contributed by atoms with Crippen molar-refractivity contribution in [2.75, 3.05) is 5.75 Å². The molecule has 0 aliphatic heterocycles. The number of benzene rings is 1. The molecule has 0 spiro atoms. The Morgan fingerprint density at radius 2 is 1.89 bits per heavy atom. The molecule has 0 radical (unpaired) electrons. The monoisotopic (exact) mass is 396 g/mol. The van der Waals surface area contributed by atoms with Crippen LogP contribution in [-0.4, -0.2) is 24.9 Å². The molecule has 0 fully saturated rings. The van der Waals surface area contributed by atoms with E-state index in [1.807, 2.05) is 10.7 Å². The van der Waals surface area contributed by atoms with Crippen LogP contribution in [0.25, 0.3) is 17.0 Å². The molecule has 4 rings (SSSR count). The molecule has 1 aromatic carbocycles. The molecule has 1 aliphatic carbocycles. The maximum absolute atomic E-state index is 13.9. The zero-order chi connectivity index (χ0) is 19.9. The van der Waals surface area contributed by atoms with Gasteiger partial charge in [-0.3, -0.25) is 4.79 Å². The van der Waals surface area contributed by atoms with Crippen LogP contribution in [0.3, 0.4) is 0 Å². The minimum atomic E-state index is -0.171. The topological polar surface area (TPSA) is 52.2 Å². The fourth-order valence-corrected chi connectivity index (χ4v) is 5.23. The van der Waals surface area contributed by atoms with Gasteiger partial charge in [0.1, 0.15) is 0 Å². The van der Waals surface area contributed by atoms with Crippen LogP contribution in [0.5, 0.6) is 0 Å². The lowest BCUT2D eigenvalue weighted by Crippen LogP contribution is -2.39. The van der Waals surface area contributed by atoms with Gasteiger partial charge in [0.15, 0.2) is 5.16 Å². The highest BCUT2D eigenvalue weighted by molar-refractivity contribution is 7.99. The first-order valence-electron chi connectivity index (χ1n) is 10.3. The van der Waals surface area contributed by atoms with E-state index in [0.29, 0.717) is 5.78 Å². The van der Waals surface area contributed by atoms with E-state index in [-0.39, 0.29) is 11.0 Å². The molecule has 0 saturated carbocycles. The lowest BCUT2D eigenvalue weighted by atomic mass is 9.66. The standard InChI is InChI=1S/C22H28N4OS/c1-5-13-25-20-23-18-16-12-10-9-11-15(16)14-22(6-2,7-3)17(18)19(27)26(20)21(24-25)28-8-4/h9-12H,5-8,13-14H2,1-4H3. The Kier molecular flexibility index (Phi) is 5.08. The third-order valence-corrected chi connectivity index (χ3v) is 6.90. The summed E-state index contributed by atoms with van der Waals surface area (Å²) in [4.78, 5) is 19.0. The van der Waals surface area contributed by atoms with E-state index in [1.54, 1.807) is 16.2 Å². The van der Waals surface area contributed by atoms with Crippen molar-refractivity contribution in [3.63, 3.8) is 0 Å². The maximum Gasteiger partial charge on any atom is 0.265 e. The lowest BCUT2D eigenvalue weighted by Gasteiger charge is -2.37. The highest BCUT2D eigenvalue weighted by Gasteiger charge is 2.40. The molecule has 6 heteroatoms. The van der Waals surface area contributed by atoms with Gasteiger partial charge in [-0.15, -0.1) is 5.10 Å². The molecule has 2 aromatic heterocycles. The smallest absolute Gasteiger partial charge is 0.265 e. The molecule has 28 heavy (non-hydrogen) atoms. The van der Waals surface area contributed by atoms with Crippen molar-refractivity contribution in [1.29, 1.82) is 0 Å². The Balaban J connectivity index is 2.14. The maximum atomic E-state index is 13.9. The number of hydrogen-bond donors (Lipinski definition) is 0. The summed E-state index contributed by atoms with van der Waals surface area (Å²) in [5.74, 6) is 1.54. The van der Waals surface area contributed by atoms with Crippen LogP contribution in [0.4, 0.5) is 0 Å². The summed E-state index contributed by atoms with van der Waals surface area (Å²) in [7, 11) is 0. The Bertz CT molecular complexity index is 1080. The third-order valence-electron chi connectivity index (χ3n) is 6.09. The van der Waals surface area contributed by atoms with Crippen molar-refractivity contribution in [3.8, 4) is 11.3 Å². The van der Waals surface area contributed by atoms with Crippen molar-refractivity contribution in [1.82, 2.24) is 19.2 Å². The highest BCUT2D eigenvalue weighted by Crippen LogP contribution is 2.44. The zero-order valence-corrected chi connectivity index (χ0v) is 18.0. The molecule has 148 valence electrons. The van der Waals surface area contributed by atoms with Gasteiger partial charge < -0.3 is 0 Å². The second-order valence-corrected chi connectivity index (χ2v) is 8.77.